The number of carbonyl (C=O) groups excluding carboxylic acids is 1. The zero-order valence-electron chi connectivity index (χ0n) is 18.7. The zero-order chi connectivity index (χ0) is 20.7. The Kier molecular flexibility index (Phi) is 5.42. The third-order valence-corrected chi connectivity index (χ3v) is 8.70. The number of ether oxygens (including phenoxy) is 1. The summed E-state index contributed by atoms with van der Waals surface area (Å²) in [7, 11) is 1.70. The summed E-state index contributed by atoms with van der Waals surface area (Å²) in [6, 6.07) is 8.63. The van der Waals surface area contributed by atoms with Gasteiger partial charge in [0.1, 0.15) is 5.75 Å². The van der Waals surface area contributed by atoms with Crippen LogP contribution in [-0.4, -0.2) is 51.8 Å². The van der Waals surface area contributed by atoms with Gasteiger partial charge in [-0.15, -0.1) is 0 Å². The van der Waals surface area contributed by atoms with E-state index in [4.69, 9.17) is 4.74 Å². The number of carbonyl (C=O) groups is 1. The van der Waals surface area contributed by atoms with Gasteiger partial charge in [0.15, 0.2) is 6.54 Å². The Bertz CT molecular complexity index is 719. The van der Waals surface area contributed by atoms with E-state index in [-0.39, 0.29) is 5.91 Å². The van der Waals surface area contributed by atoms with E-state index in [9.17, 15) is 4.79 Å². The maximum absolute atomic E-state index is 12.9. The lowest BCUT2D eigenvalue weighted by Crippen LogP contribution is -3.16. The van der Waals surface area contributed by atoms with Gasteiger partial charge in [-0.2, -0.15) is 0 Å². The van der Waals surface area contributed by atoms with Crippen LogP contribution in [0.3, 0.4) is 0 Å². The van der Waals surface area contributed by atoms with E-state index >= 15 is 0 Å². The molecule has 1 heterocycles. The summed E-state index contributed by atoms with van der Waals surface area (Å²) in [5, 5.41) is 3.45. The van der Waals surface area contributed by atoms with Crippen molar-refractivity contribution in [2.45, 2.75) is 51.5 Å². The summed E-state index contributed by atoms with van der Waals surface area (Å²) < 4.78 is 5.26. The number of anilines is 1. The highest BCUT2D eigenvalue weighted by atomic mass is 16.5. The summed E-state index contributed by atoms with van der Waals surface area (Å²) >= 11 is 0. The lowest BCUT2D eigenvalue weighted by molar-refractivity contribution is -0.892. The van der Waals surface area contributed by atoms with Crippen LogP contribution in [0.25, 0.3) is 0 Å². The second-order valence-corrected chi connectivity index (χ2v) is 10.7. The molecule has 0 radical (unpaired) electrons. The second-order valence-electron chi connectivity index (χ2n) is 10.7. The molecule has 4 aliphatic carbocycles. The Morgan fingerprint density at radius 2 is 1.67 bits per heavy atom. The first-order chi connectivity index (χ1) is 14.5. The minimum Gasteiger partial charge on any atom is -0.497 e. The molecular formula is C25H38N3O2+. The van der Waals surface area contributed by atoms with E-state index in [1.165, 1.54) is 49.1 Å². The minimum absolute atomic E-state index is 0.256. The van der Waals surface area contributed by atoms with Crippen molar-refractivity contribution >= 4 is 11.6 Å². The molecule has 1 aromatic carbocycles. The fraction of sp³-hybridized carbons (Fsp3) is 0.720. The van der Waals surface area contributed by atoms with E-state index in [2.05, 4.69) is 29.3 Å². The van der Waals surface area contributed by atoms with Crippen molar-refractivity contribution in [1.29, 1.82) is 0 Å². The summed E-state index contributed by atoms with van der Waals surface area (Å²) in [5.41, 5.74) is 1.64. The van der Waals surface area contributed by atoms with Crippen molar-refractivity contribution in [3.05, 3.63) is 24.3 Å². The molecule has 5 heteroatoms. The van der Waals surface area contributed by atoms with Crippen LogP contribution in [-0.2, 0) is 4.79 Å². The Morgan fingerprint density at radius 1 is 1.10 bits per heavy atom. The molecule has 1 aliphatic heterocycles. The molecule has 164 valence electrons. The molecule has 0 spiro atoms. The van der Waals surface area contributed by atoms with Crippen molar-refractivity contribution in [2.75, 3.05) is 44.7 Å². The van der Waals surface area contributed by atoms with Crippen LogP contribution < -0.4 is 19.9 Å². The minimum atomic E-state index is 0.256. The van der Waals surface area contributed by atoms with Crippen molar-refractivity contribution in [1.82, 2.24) is 5.32 Å². The molecule has 0 aromatic heterocycles. The summed E-state index contributed by atoms with van der Waals surface area (Å²) in [6.07, 6.45) is 8.45. The average Bonchev–Trinajstić information content (AvgIpc) is 2.73. The van der Waals surface area contributed by atoms with Crippen LogP contribution in [0.15, 0.2) is 24.3 Å². The largest absolute Gasteiger partial charge is 0.497 e. The van der Waals surface area contributed by atoms with Gasteiger partial charge in [-0.3, -0.25) is 4.79 Å². The third kappa shape index (κ3) is 3.93. The van der Waals surface area contributed by atoms with E-state index in [1.807, 2.05) is 12.1 Å². The van der Waals surface area contributed by atoms with E-state index in [0.29, 0.717) is 18.0 Å². The van der Waals surface area contributed by atoms with Gasteiger partial charge in [0.05, 0.1) is 33.3 Å². The van der Waals surface area contributed by atoms with Crippen LogP contribution in [0.1, 0.15) is 45.4 Å². The Hall–Kier alpha value is -1.75. The van der Waals surface area contributed by atoms with Gasteiger partial charge < -0.3 is 19.9 Å². The number of nitrogens with one attached hydrogen (secondary N) is 2. The molecular weight excluding hydrogens is 374 g/mol. The molecule has 1 amide bonds. The van der Waals surface area contributed by atoms with Crippen molar-refractivity contribution in [3.63, 3.8) is 0 Å². The quantitative estimate of drug-likeness (QED) is 0.752. The molecule has 4 saturated carbocycles. The SMILES string of the molecule is COc1ccc(N2CC[NH+](CC(=O)N[C@@H](C)C34CC5CC(CC(C5)C3)C4)CC2)cc1. The zero-order valence-corrected chi connectivity index (χ0v) is 18.7. The van der Waals surface area contributed by atoms with E-state index in [1.54, 1.807) is 7.11 Å². The number of rotatable bonds is 6. The van der Waals surface area contributed by atoms with Crippen LogP contribution in [0.2, 0.25) is 0 Å². The molecule has 1 aromatic rings. The molecule has 5 aliphatic rings. The van der Waals surface area contributed by atoms with Gasteiger partial charge in [0, 0.05) is 11.7 Å². The number of hydrogen-bond acceptors (Lipinski definition) is 3. The Balaban J connectivity index is 1.11. The standard InChI is InChI=1S/C25H37N3O2/c1-18(25-14-19-11-20(15-25)13-21(12-19)16-25)26-24(29)17-27-7-9-28(10-8-27)22-3-5-23(30-2)6-4-22/h3-6,18-21H,7-17H2,1-2H3,(H,26,29)/p+1/t18-,19?,20?,21?,25?/m0/s1. The molecule has 4 bridgehead atoms. The first-order valence-corrected chi connectivity index (χ1v) is 12.0. The van der Waals surface area contributed by atoms with Gasteiger partial charge in [0.2, 0.25) is 0 Å². The van der Waals surface area contributed by atoms with Gasteiger partial charge >= 0.3 is 0 Å². The highest BCUT2D eigenvalue weighted by Crippen LogP contribution is 2.61. The maximum atomic E-state index is 12.9. The highest BCUT2D eigenvalue weighted by molar-refractivity contribution is 5.77. The predicted octanol–water partition coefficient (Wildman–Crippen LogP) is 2.12. The molecule has 0 unspecified atom stereocenters. The predicted molar refractivity (Wildman–Crippen MR) is 119 cm³/mol. The van der Waals surface area contributed by atoms with Crippen LogP contribution in [0.4, 0.5) is 5.69 Å². The second kappa shape index (κ2) is 8.07. The van der Waals surface area contributed by atoms with Crippen molar-refractivity contribution in [2.24, 2.45) is 23.2 Å². The van der Waals surface area contributed by atoms with E-state index < -0.39 is 0 Å². The molecule has 1 saturated heterocycles. The van der Waals surface area contributed by atoms with Gasteiger partial charge in [-0.25, -0.2) is 0 Å². The maximum Gasteiger partial charge on any atom is 0.275 e. The first-order valence-electron chi connectivity index (χ1n) is 12.0. The molecule has 2 N–H and O–H groups in total. The fourth-order valence-corrected chi connectivity index (χ4v) is 7.43. The Morgan fingerprint density at radius 3 is 2.20 bits per heavy atom. The Labute approximate surface area is 181 Å². The lowest BCUT2D eigenvalue weighted by Gasteiger charge is -2.59. The van der Waals surface area contributed by atoms with Gasteiger partial charge in [-0.05, 0) is 92.9 Å². The summed E-state index contributed by atoms with van der Waals surface area (Å²) in [5.74, 6) is 3.96. The monoisotopic (exact) mass is 412 g/mol. The number of benzene rings is 1. The molecule has 5 fully saturated rings. The normalized spacial score (nSPS) is 34.1. The first kappa shape index (κ1) is 20.2. The summed E-state index contributed by atoms with van der Waals surface area (Å²) in [4.78, 5) is 16.7. The van der Waals surface area contributed by atoms with Crippen molar-refractivity contribution in [3.8, 4) is 5.75 Å². The van der Waals surface area contributed by atoms with Crippen molar-refractivity contribution < 1.29 is 14.4 Å². The average molecular weight is 413 g/mol. The number of hydrogen-bond donors (Lipinski definition) is 2. The smallest absolute Gasteiger partial charge is 0.275 e. The number of piperazine rings is 1. The highest BCUT2D eigenvalue weighted by Gasteiger charge is 2.53. The van der Waals surface area contributed by atoms with Crippen LogP contribution in [0, 0.1) is 23.2 Å². The van der Waals surface area contributed by atoms with Crippen LogP contribution >= 0.6 is 0 Å². The fourth-order valence-electron chi connectivity index (χ4n) is 7.43. The number of methoxy groups -OCH3 is 1. The van der Waals surface area contributed by atoms with Gasteiger partial charge in [0.25, 0.3) is 5.91 Å². The topological polar surface area (TPSA) is 46.0 Å². The van der Waals surface area contributed by atoms with Crippen LogP contribution in [0.5, 0.6) is 5.75 Å². The lowest BCUT2D eigenvalue weighted by atomic mass is 9.48. The number of quaternary nitrogens is 1. The molecule has 5 nitrogen and oxygen atoms in total. The number of nitrogens with zero attached hydrogens (tertiary/aromatic N) is 1. The summed E-state index contributed by atoms with van der Waals surface area (Å²) in [6.45, 7) is 6.95. The molecule has 6 rings (SSSR count). The number of amides is 1. The molecule has 30 heavy (non-hydrogen) atoms. The molecule has 1 atom stereocenters. The van der Waals surface area contributed by atoms with E-state index in [0.717, 1.165) is 49.7 Å². The van der Waals surface area contributed by atoms with Gasteiger partial charge in [-0.1, -0.05) is 0 Å². The third-order valence-electron chi connectivity index (χ3n) is 8.70.